The maximum Gasteiger partial charge on any atom is 0.411 e. The zero-order valence-electron chi connectivity index (χ0n) is 14.1. The van der Waals surface area contributed by atoms with Gasteiger partial charge in [0, 0.05) is 17.9 Å². The molecule has 0 aliphatic heterocycles. The zero-order chi connectivity index (χ0) is 17.4. The molecule has 0 saturated heterocycles. The van der Waals surface area contributed by atoms with Gasteiger partial charge in [-0.05, 0) is 48.4 Å². The van der Waals surface area contributed by atoms with Crippen LogP contribution in [-0.2, 0) is 11.2 Å². The molecule has 0 heterocycles. The molecule has 1 amide bonds. The van der Waals surface area contributed by atoms with E-state index in [4.69, 9.17) is 9.47 Å². The predicted molar refractivity (Wildman–Crippen MR) is 94.2 cm³/mol. The van der Waals surface area contributed by atoms with Crippen LogP contribution in [0, 0.1) is 0 Å². The lowest BCUT2D eigenvalue weighted by Crippen LogP contribution is -2.11. The molecule has 2 aromatic carbocycles. The Hall–Kier alpha value is -2.89. The lowest BCUT2D eigenvalue weighted by molar-refractivity contribution is 0.187. The number of rotatable bonds is 7. The molecule has 0 aliphatic carbocycles. The van der Waals surface area contributed by atoms with E-state index >= 15 is 0 Å². The molecule has 6 heteroatoms. The molecule has 2 aromatic rings. The van der Waals surface area contributed by atoms with Crippen LogP contribution >= 0.6 is 0 Å². The van der Waals surface area contributed by atoms with E-state index in [1.54, 1.807) is 14.2 Å². The average Bonchev–Trinajstić information content (AvgIpc) is 2.62. The highest BCUT2D eigenvalue weighted by atomic mass is 16.5. The van der Waals surface area contributed by atoms with Gasteiger partial charge >= 0.3 is 6.09 Å². The molecule has 6 nitrogen and oxygen atoms in total. The van der Waals surface area contributed by atoms with E-state index in [2.05, 4.69) is 15.4 Å². The van der Waals surface area contributed by atoms with Crippen LogP contribution in [0.25, 0.3) is 0 Å². The van der Waals surface area contributed by atoms with Crippen LogP contribution < -0.4 is 20.1 Å². The summed E-state index contributed by atoms with van der Waals surface area (Å²) in [6.07, 6.45) is 0.367. The van der Waals surface area contributed by atoms with E-state index in [1.807, 2.05) is 42.5 Å². The number of hydrogen-bond donors (Lipinski definition) is 2. The summed E-state index contributed by atoms with van der Waals surface area (Å²) in [7, 11) is 4.58. The maximum atomic E-state index is 11.1. The lowest BCUT2D eigenvalue weighted by Gasteiger charge is -2.11. The van der Waals surface area contributed by atoms with Gasteiger partial charge in [0.15, 0.2) is 11.5 Å². The molecule has 0 unspecified atom stereocenters. The molecule has 2 rings (SSSR count). The third-order valence-corrected chi connectivity index (χ3v) is 3.51. The summed E-state index contributed by atoms with van der Waals surface area (Å²) in [6.45, 7) is 0.777. The Morgan fingerprint density at radius 2 is 1.58 bits per heavy atom. The number of benzene rings is 2. The molecule has 0 spiro atoms. The van der Waals surface area contributed by atoms with Crippen LogP contribution in [0.1, 0.15) is 5.56 Å². The highest BCUT2D eigenvalue weighted by molar-refractivity contribution is 5.84. The number of ether oxygens (including phenoxy) is 3. The molecular formula is C18H22N2O4. The maximum absolute atomic E-state index is 11.1. The SMILES string of the molecule is COC(=O)Nc1ccc(NCCc2ccc(OC)c(OC)c2)cc1. The highest BCUT2D eigenvalue weighted by Crippen LogP contribution is 2.27. The number of hydrogen-bond acceptors (Lipinski definition) is 5. The van der Waals surface area contributed by atoms with E-state index in [0.29, 0.717) is 5.69 Å². The van der Waals surface area contributed by atoms with Crippen molar-refractivity contribution in [2.45, 2.75) is 6.42 Å². The Kier molecular flexibility index (Phi) is 6.31. The Morgan fingerprint density at radius 3 is 2.21 bits per heavy atom. The standard InChI is InChI=1S/C18H22N2O4/c1-22-16-9-4-13(12-17(16)23-2)10-11-19-14-5-7-15(8-6-14)20-18(21)24-3/h4-9,12,19H,10-11H2,1-3H3,(H,20,21). The number of carbonyl (C=O) groups is 1. The van der Waals surface area contributed by atoms with Crippen molar-refractivity contribution in [1.29, 1.82) is 0 Å². The van der Waals surface area contributed by atoms with Gasteiger partial charge in [0.25, 0.3) is 0 Å². The first-order valence-electron chi connectivity index (χ1n) is 7.56. The summed E-state index contributed by atoms with van der Waals surface area (Å²) in [5.74, 6) is 1.45. The summed E-state index contributed by atoms with van der Waals surface area (Å²) in [4.78, 5) is 11.1. The number of nitrogens with one attached hydrogen (secondary N) is 2. The van der Waals surface area contributed by atoms with E-state index in [0.717, 1.165) is 35.7 Å². The number of amides is 1. The molecule has 24 heavy (non-hydrogen) atoms. The Bertz CT molecular complexity index is 671. The van der Waals surface area contributed by atoms with Crippen LogP contribution in [0.5, 0.6) is 11.5 Å². The second-order valence-electron chi connectivity index (χ2n) is 5.06. The van der Waals surface area contributed by atoms with Crippen molar-refractivity contribution < 1.29 is 19.0 Å². The minimum atomic E-state index is -0.482. The summed E-state index contributed by atoms with van der Waals surface area (Å²) >= 11 is 0. The zero-order valence-corrected chi connectivity index (χ0v) is 14.1. The molecule has 0 saturated carbocycles. The van der Waals surface area contributed by atoms with Crippen LogP contribution in [0.3, 0.4) is 0 Å². The third kappa shape index (κ3) is 4.81. The van der Waals surface area contributed by atoms with E-state index in [1.165, 1.54) is 7.11 Å². The van der Waals surface area contributed by atoms with Gasteiger partial charge in [-0.15, -0.1) is 0 Å². The Labute approximate surface area is 141 Å². The molecule has 0 bridgehead atoms. The van der Waals surface area contributed by atoms with Gasteiger partial charge in [-0.3, -0.25) is 5.32 Å². The summed E-state index contributed by atoms with van der Waals surface area (Å²) in [5.41, 5.74) is 2.82. The summed E-state index contributed by atoms with van der Waals surface area (Å²) in [6, 6.07) is 13.3. The monoisotopic (exact) mass is 330 g/mol. The van der Waals surface area contributed by atoms with Crippen molar-refractivity contribution in [3.05, 3.63) is 48.0 Å². The summed E-state index contributed by atoms with van der Waals surface area (Å²) in [5, 5.41) is 5.95. The highest BCUT2D eigenvalue weighted by Gasteiger charge is 2.04. The number of anilines is 2. The van der Waals surface area contributed by atoms with Crippen molar-refractivity contribution in [2.24, 2.45) is 0 Å². The van der Waals surface area contributed by atoms with Crippen LogP contribution in [0.4, 0.5) is 16.2 Å². The topological polar surface area (TPSA) is 68.8 Å². The van der Waals surface area contributed by atoms with Gasteiger partial charge in [-0.1, -0.05) is 6.07 Å². The van der Waals surface area contributed by atoms with Crippen molar-refractivity contribution >= 4 is 17.5 Å². The lowest BCUT2D eigenvalue weighted by atomic mass is 10.1. The van der Waals surface area contributed by atoms with E-state index < -0.39 is 6.09 Å². The van der Waals surface area contributed by atoms with Crippen LogP contribution in [0.2, 0.25) is 0 Å². The minimum absolute atomic E-state index is 0.482. The van der Waals surface area contributed by atoms with Gasteiger partial charge in [-0.2, -0.15) is 0 Å². The van der Waals surface area contributed by atoms with Crippen molar-refractivity contribution in [3.8, 4) is 11.5 Å². The fourth-order valence-electron chi connectivity index (χ4n) is 2.23. The molecule has 0 fully saturated rings. The minimum Gasteiger partial charge on any atom is -0.493 e. The second-order valence-corrected chi connectivity index (χ2v) is 5.06. The van der Waals surface area contributed by atoms with E-state index in [9.17, 15) is 4.79 Å². The fraction of sp³-hybridized carbons (Fsp3) is 0.278. The van der Waals surface area contributed by atoms with Gasteiger partial charge < -0.3 is 19.5 Å². The number of methoxy groups -OCH3 is 3. The molecule has 0 aromatic heterocycles. The summed E-state index contributed by atoms with van der Waals surface area (Å²) < 4.78 is 15.1. The first-order valence-corrected chi connectivity index (χ1v) is 7.56. The van der Waals surface area contributed by atoms with Crippen molar-refractivity contribution in [2.75, 3.05) is 38.5 Å². The average molecular weight is 330 g/mol. The third-order valence-electron chi connectivity index (χ3n) is 3.51. The Balaban J connectivity index is 1.86. The molecule has 2 N–H and O–H groups in total. The molecule has 0 radical (unpaired) electrons. The quantitative estimate of drug-likeness (QED) is 0.813. The molecule has 0 aliphatic rings. The number of carbonyl (C=O) groups excluding carboxylic acids is 1. The van der Waals surface area contributed by atoms with Gasteiger partial charge in [0.1, 0.15) is 0 Å². The smallest absolute Gasteiger partial charge is 0.411 e. The molecule has 0 atom stereocenters. The van der Waals surface area contributed by atoms with Crippen LogP contribution in [-0.4, -0.2) is 34.0 Å². The van der Waals surface area contributed by atoms with Crippen LogP contribution in [0.15, 0.2) is 42.5 Å². The fourth-order valence-corrected chi connectivity index (χ4v) is 2.23. The normalized spacial score (nSPS) is 9.96. The van der Waals surface area contributed by atoms with Crippen molar-refractivity contribution in [1.82, 2.24) is 0 Å². The van der Waals surface area contributed by atoms with Gasteiger partial charge in [-0.25, -0.2) is 4.79 Å². The second kappa shape index (κ2) is 8.67. The largest absolute Gasteiger partial charge is 0.493 e. The molecular weight excluding hydrogens is 308 g/mol. The van der Waals surface area contributed by atoms with Gasteiger partial charge in [0.2, 0.25) is 0 Å². The Morgan fingerprint density at radius 1 is 0.917 bits per heavy atom. The van der Waals surface area contributed by atoms with Crippen molar-refractivity contribution in [3.63, 3.8) is 0 Å². The van der Waals surface area contributed by atoms with E-state index in [-0.39, 0.29) is 0 Å². The first kappa shape index (κ1) is 17.5. The predicted octanol–water partition coefficient (Wildman–Crippen LogP) is 3.54. The first-order chi connectivity index (χ1) is 11.7. The van der Waals surface area contributed by atoms with Gasteiger partial charge in [0.05, 0.1) is 21.3 Å². The molecule has 128 valence electrons.